The minimum atomic E-state index is -3.73. The molecule has 3 N–H and O–H groups in total. The van der Waals surface area contributed by atoms with Crippen LogP contribution in [0.15, 0.2) is 52.4 Å². The van der Waals surface area contributed by atoms with Crippen LogP contribution in [0.2, 0.25) is 0 Å². The number of nitrogens with zero attached hydrogens (tertiary/aromatic N) is 3. The van der Waals surface area contributed by atoms with Crippen molar-refractivity contribution in [3.8, 4) is 5.75 Å². The number of piperidine rings is 1. The van der Waals surface area contributed by atoms with Crippen LogP contribution in [0.3, 0.4) is 0 Å². The lowest BCUT2D eigenvalue weighted by Gasteiger charge is -2.38. The number of anilines is 1. The van der Waals surface area contributed by atoms with Crippen LogP contribution in [0.1, 0.15) is 19.3 Å². The van der Waals surface area contributed by atoms with Gasteiger partial charge in [0.05, 0.1) is 30.3 Å². The van der Waals surface area contributed by atoms with Gasteiger partial charge in [-0.3, -0.25) is 0 Å². The Morgan fingerprint density at radius 1 is 1.12 bits per heavy atom. The van der Waals surface area contributed by atoms with Crippen LogP contribution >= 0.6 is 0 Å². The quantitative estimate of drug-likeness (QED) is 0.312. The Balaban J connectivity index is 1.10. The van der Waals surface area contributed by atoms with Gasteiger partial charge in [-0.1, -0.05) is 6.07 Å². The summed E-state index contributed by atoms with van der Waals surface area (Å²) < 4.78 is 72.3. The molecule has 1 unspecified atom stereocenters. The van der Waals surface area contributed by atoms with E-state index in [4.69, 9.17) is 14.2 Å². The topological polar surface area (TPSA) is 160 Å². The normalized spacial score (nSPS) is 22.3. The van der Waals surface area contributed by atoms with Gasteiger partial charge in [0.15, 0.2) is 0 Å². The molecule has 3 aliphatic rings. The van der Waals surface area contributed by atoms with Crippen molar-refractivity contribution in [2.75, 3.05) is 71.1 Å². The number of hydrogen-bond acceptors (Lipinski definition) is 11. The van der Waals surface area contributed by atoms with E-state index in [1.165, 1.54) is 23.5 Å². The van der Waals surface area contributed by atoms with Crippen molar-refractivity contribution in [3.05, 3.63) is 42.6 Å². The molecule has 0 amide bonds. The molecule has 0 radical (unpaired) electrons. The van der Waals surface area contributed by atoms with Gasteiger partial charge in [0.25, 0.3) is 0 Å². The summed E-state index contributed by atoms with van der Waals surface area (Å²) in [5.41, 5.74) is -0.410. The highest BCUT2D eigenvalue weighted by Crippen LogP contribution is 2.38. The molecular formula is C27H39N5O8S2. The number of aliphatic hydroxyl groups is 1. The number of aliphatic hydroxyl groups excluding tert-OH is 1. The van der Waals surface area contributed by atoms with Gasteiger partial charge in [0, 0.05) is 51.0 Å². The Hall–Kier alpha value is -2.37. The molecule has 3 aliphatic heterocycles. The van der Waals surface area contributed by atoms with Crippen molar-refractivity contribution < 1.29 is 36.2 Å². The summed E-state index contributed by atoms with van der Waals surface area (Å²) in [4.78, 5) is 6.67. The third-order valence-electron chi connectivity index (χ3n) is 7.99. The lowest BCUT2D eigenvalue weighted by molar-refractivity contribution is -0.0312. The maximum Gasteiger partial charge on any atom is 0.246 e. The number of rotatable bonds is 11. The summed E-state index contributed by atoms with van der Waals surface area (Å²) in [5, 5.41) is 13.8. The molecule has 232 valence electrons. The number of ether oxygens (including phenoxy) is 3. The number of morpholine rings is 1. The third-order valence-corrected chi connectivity index (χ3v) is 11.3. The molecule has 1 spiro atoms. The predicted molar refractivity (Wildman–Crippen MR) is 155 cm³/mol. The number of hydrogen-bond donors (Lipinski definition) is 3. The Labute approximate surface area is 247 Å². The molecule has 3 saturated heterocycles. The van der Waals surface area contributed by atoms with E-state index in [1.807, 2.05) is 4.90 Å². The number of sulfonamides is 2. The first-order valence-electron chi connectivity index (χ1n) is 14.1. The molecular weight excluding hydrogens is 586 g/mol. The van der Waals surface area contributed by atoms with Crippen LogP contribution in [0, 0.1) is 0 Å². The number of pyridine rings is 1. The molecule has 0 aliphatic carbocycles. The zero-order valence-electron chi connectivity index (χ0n) is 23.6. The van der Waals surface area contributed by atoms with E-state index in [2.05, 4.69) is 15.0 Å². The van der Waals surface area contributed by atoms with Crippen molar-refractivity contribution in [1.29, 1.82) is 0 Å². The van der Waals surface area contributed by atoms with Crippen LogP contribution in [0.4, 0.5) is 5.82 Å². The zero-order valence-corrected chi connectivity index (χ0v) is 25.3. The molecule has 1 aromatic heterocycles. The second kappa shape index (κ2) is 13.1. The highest BCUT2D eigenvalue weighted by molar-refractivity contribution is 7.89. The van der Waals surface area contributed by atoms with Gasteiger partial charge in [-0.05, 0) is 50.6 Å². The van der Waals surface area contributed by atoms with E-state index in [9.17, 15) is 21.9 Å². The van der Waals surface area contributed by atoms with Gasteiger partial charge in [0.1, 0.15) is 29.2 Å². The standard InChI is InChI=1S/C27H39N5O8S2/c1-28-41(34,35)24-5-2-4-23(16-24)39-20-22(33)18-30-21-17-27(40-19-21)7-10-32(11-8-27)42(36,37)25-6-3-9-29-26(25)31-12-14-38-15-13-31/h2-6,9,16,21-22,28,30,33H,7-8,10-15,17-20H2,1H3/t21?,22-/m0/s1. The largest absolute Gasteiger partial charge is 0.491 e. The van der Waals surface area contributed by atoms with Crippen LogP contribution in [-0.2, 0) is 29.5 Å². The van der Waals surface area contributed by atoms with E-state index in [-0.39, 0.29) is 29.0 Å². The first kappa shape index (κ1) is 31.1. The Bertz CT molecular complexity index is 1430. The summed E-state index contributed by atoms with van der Waals surface area (Å²) in [6, 6.07) is 9.38. The minimum Gasteiger partial charge on any atom is -0.491 e. The van der Waals surface area contributed by atoms with Gasteiger partial charge in [-0.15, -0.1) is 0 Å². The predicted octanol–water partition coefficient (Wildman–Crippen LogP) is 0.168. The maximum absolute atomic E-state index is 13.6. The van der Waals surface area contributed by atoms with E-state index in [0.717, 1.165) is 0 Å². The van der Waals surface area contributed by atoms with Crippen molar-refractivity contribution in [3.63, 3.8) is 0 Å². The van der Waals surface area contributed by atoms with Crippen LogP contribution in [0.25, 0.3) is 0 Å². The highest BCUT2D eigenvalue weighted by Gasteiger charge is 2.45. The number of benzene rings is 1. The Morgan fingerprint density at radius 2 is 1.88 bits per heavy atom. The molecule has 2 atom stereocenters. The van der Waals surface area contributed by atoms with Crippen LogP contribution < -0.4 is 19.7 Å². The fraction of sp³-hybridized carbons (Fsp3) is 0.593. The fourth-order valence-electron chi connectivity index (χ4n) is 5.60. The average molecular weight is 626 g/mol. The first-order chi connectivity index (χ1) is 20.1. The first-order valence-corrected chi connectivity index (χ1v) is 17.0. The van der Waals surface area contributed by atoms with E-state index >= 15 is 0 Å². The smallest absolute Gasteiger partial charge is 0.246 e. The van der Waals surface area contributed by atoms with E-state index < -0.39 is 31.8 Å². The molecule has 15 heteroatoms. The van der Waals surface area contributed by atoms with E-state index in [0.29, 0.717) is 76.8 Å². The van der Waals surface area contributed by atoms with Crippen molar-refractivity contribution in [2.24, 2.45) is 0 Å². The molecule has 13 nitrogen and oxygen atoms in total. The molecule has 5 rings (SSSR count). The van der Waals surface area contributed by atoms with Gasteiger partial charge >= 0.3 is 0 Å². The van der Waals surface area contributed by atoms with Crippen LogP contribution in [0.5, 0.6) is 5.75 Å². The van der Waals surface area contributed by atoms with Gasteiger partial charge in [-0.2, -0.15) is 4.31 Å². The van der Waals surface area contributed by atoms with Gasteiger partial charge in [-0.25, -0.2) is 26.5 Å². The second-order valence-corrected chi connectivity index (χ2v) is 14.6. The monoisotopic (exact) mass is 625 g/mol. The third kappa shape index (κ3) is 7.05. The van der Waals surface area contributed by atoms with Crippen molar-refractivity contribution >= 4 is 25.9 Å². The minimum absolute atomic E-state index is 0.0115. The Kier molecular flexibility index (Phi) is 9.69. The summed E-state index contributed by atoms with van der Waals surface area (Å²) in [6.07, 6.45) is 2.67. The summed E-state index contributed by atoms with van der Waals surface area (Å²) in [5.74, 6) is 0.819. The lowest BCUT2D eigenvalue weighted by Crippen LogP contribution is -2.47. The SMILES string of the molecule is CNS(=O)(=O)c1cccc(OC[C@@H](O)CNC2COC3(CCN(S(=O)(=O)c4cccnc4N4CCOCC4)CC3)C2)c1. The number of aromatic nitrogens is 1. The summed E-state index contributed by atoms with van der Waals surface area (Å²) in [7, 11) is -5.98. The van der Waals surface area contributed by atoms with Crippen LogP contribution in [-0.4, -0.2) is 115 Å². The fourth-order valence-corrected chi connectivity index (χ4v) is 7.97. The van der Waals surface area contributed by atoms with Gasteiger partial charge < -0.3 is 29.5 Å². The summed E-state index contributed by atoms with van der Waals surface area (Å²) >= 11 is 0. The summed E-state index contributed by atoms with van der Waals surface area (Å²) in [6.45, 7) is 3.70. The van der Waals surface area contributed by atoms with E-state index in [1.54, 1.807) is 30.5 Å². The molecule has 42 heavy (non-hydrogen) atoms. The molecule has 1 aromatic carbocycles. The lowest BCUT2D eigenvalue weighted by atomic mass is 9.88. The Morgan fingerprint density at radius 3 is 2.62 bits per heavy atom. The molecule has 0 bridgehead atoms. The zero-order chi connectivity index (χ0) is 29.8. The highest BCUT2D eigenvalue weighted by atomic mass is 32.2. The van der Waals surface area contributed by atoms with Crippen molar-refractivity contribution in [2.45, 2.75) is 46.8 Å². The maximum atomic E-state index is 13.6. The molecule has 4 heterocycles. The number of nitrogens with one attached hydrogen (secondary N) is 2. The van der Waals surface area contributed by atoms with Gasteiger partial charge in [0.2, 0.25) is 20.0 Å². The molecule has 3 fully saturated rings. The second-order valence-electron chi connectivity index (χ2n) is 10.8. The molecule has 2 aromatic rings. The van der Waals surface area contributed by atoms with Crippen molar-refractivity contribution in [1.82, 2.24) is 19.3 Å². The molecule has 0 saturated carbocycles. The average Bonchev–Trinajstić information content (AvgIpc) is 3.41.